The molecule has 0 fully saturated rings. The number of rotatable bonds is 3. The van der Waals surface area contributed by atoms with Crippen molar-refractivity contribution >= 4 is 21.6 Å². The summed E-state index contributed by atoms with van der Waals surface area (Å²) in [6.07, 6.45) is 0. The van der Waals surface area contributed by atoms with Gasteiger partial charge < -0.3 is 4.74 Å². The zero-order valence-corrected chi connectivity index (χ0v) is 15.5. The Hall–Kier alpha value is -2.66. The van der Waals surface area contributed by atoms with Gasteiger partial charge in [0.05, 0.1) is 18.5 Å². The van der Waals surface area contributed by atoms with Crippen LogP contribution in [0.4, 0.5) is 0 Å². The van der Waals surface area contributed by atoms with Gasteiger partial charge in [-0.15, -0.1) is 0 Å². The number of nitrogens with zero attached hydrogens (tertiary/aromatic N) is 3. The van der Waals surface area contributed by atoms with Gasteiger partial charge in [0.2, 0.25) is 0 Å². The number of benzene rings is 2. The zero-order chi connectivity index (χ0) is 17.4. The second kappa shape index (κ2) is 6.33. The van der Waals surface area contributed by atoms with Gasteiger partial charge in [0.25, 0.3) is 0 Å². The lowest BCUT2D eigenvalue weighted by Crippen LogP contribution is -1.96. The molecule has 0 bridgehead atoms. The molecule has 0 saturated heterocycles. The van der Waals surface area contributed by atoms with Crippen LogP contribution in [0.1, 0.15) is 5.69 Å². The zero-order valence-electron chi connectivity index (χ0n) is 13.9. The SMILES string of the molecule is COc1ccc(-c2ccccc2-c2ccc3nc(C)c(Br)n3n2)cc1. The van der Waals surface area contributed by atoms with E-state index in [1.165, 1.54) is 0 Å². The Kier molecular flexibility index (Phi) is 4.01. The van der Waals surface area contributed by atoms with Gasteiger partial charge in [0, 0.05) is 5.56 Å². The van der Waals surface area contributed by atoms with Gasteiger partial charge in [-0.05, 0) is 58.2 Å². The summed E-state index contributed by atoms with van der Waals surface area (Å²) >= 11 is 3.56. The predicted octanol–water partition coefficient (Wildman–Crippen LogP) is 5.14. The van der Waals surface area contributed by atoms with Gasteiger partial charge in [0.15, 0.2) is 5.65 Å². The molecule has 0 atom stereocenters. The van der Waals surface area contributed by atoms with Crippen LogP contribution in [-0.4, -0.2) is 21.7 Å². The minimum Gasteiger partial charge on any atom is -0.497 e. The van der Waals surface area contributed by atoms with Crippen molar-refractivity contribution in [2.45, 2.75) is 6.92 Å². The van der Waals surface area contributed by atoms with Gasteiger partial charge in [-0.3, -0.25) is 0 Å². The molecule has 0 aliphatic carbocycles. The highest BCUT2D eigenvalue weighted by Gasteiger charge is 2.12. The number of hydrogen-bond acceptors (Lipinski definition) is 3. The number of imidazole rings is 1. The number of halogens is 1. The third-order valence-electron chi connectivity index (χ3n) is 4.19. The second-order valence-corrected chi connectivity index (χ2v) is 6.50. The minimum atomic E-state index is 0.829. The van der Waals surface area contributed by atoms with Gasteiger partial charge in [-0.2, -0.15) is 5.10 Å². The molecule has 4 nitrogen and oxygen atoms in total. The quantitative estimate of drug-likeness (QED) is 0.483. The molecule has 2 aromatic carbocycles. The molecular formula is C20H16BrN3O. The summed E-state index contributed by atoms with van der Waals surface area (Å²) in [7, 11) is 1.67. The van der Waals surface area contributed by atoms with E-state index in [1.54, 1.807) is 7.11 Å². The van der Waals surface area contributed by atoms with Crippen LogP contribution in [0.15, 0.2) is 65.3 Å². The molecule has 2 aromatic heterocycles. The average molecular weight is 394 g/mol. The smallest absolute Gasteiger partial charge is 0.155 e. The Balaban J connectivity index is 1.87. The standard InChI is InChI=1S/C20H16BrN3O/c1-13-20(21)24-19(22-13)12-11-18(23-24)17-6-4-3-5-16(17)14-7-9-15(25-2)10-8-14/h3-12H,1-2H3. The Morgan fingerprint density at radius 1 is 0.920 bits per heavy atom. The van der Waals surface area contributed by atoms with Crippen LogP contribution >= 0.6 is 15.9 Å². The third kappa shape index (κ3) is 2.81. The highest BCUT2D eigenvalue weighted by molar-refractivity contribution is 9.10. The van der Waals surface area contributed by atoms with Crippen LogP contribution in [0.3, 0.4) is 0 Å². The molecule has 0 aliphatic heterocycles. The summed E-state index contributed by atoms with van der Waals surface area (Å²) in [5.41, 5.74) is 5.98. The lowest BCUT2D eigenvalue weighted by molar-refractivity contribution is 0.415. The first kappa shape index (κ1) is 15.8. The molecular weight excluding hydrogens is 378 g/mol. The van der Waals surface area contributed by atoms with Gasteiger partial charge >= 0.3 is 0 Å². The molecule has 0 saturated carbocycles. The maximum Gasteiger partial charge on any atom is 0.155 e. The Morgan fingerprint density at radius 2 is 1.64 bits per heavy atom. The Bertz CT molecular complexity index is 1050. The predicted molar refractivity (Wildman–Crippen MR) is 103 cm³/mol. The largest absolute Gasteiger partial charge is 0.497 e. The lowest BCUT2D eigenvalue weighted by Gasteiger charge is -2.10. The summed E-state index contributed by atoms with van der Waals surface area (Å²) in [6.45, 7) is 1.96. The van der Waals surface area contributed by atoms with Crippen molar-refractivity contribution in [3.63, 3.8) is 0 Å². The van der Waals surface area contributed by atoms with Crippen LogP contribution in [0, 0.1) is 6.92 Å². The summed E-state index contributed by atoms with van der Waals surface area (Å²) in [6, 6.07) is 20.3. The third-order valence-corrected chi connectivity index (χ3v) is 5.10. The molecule has 25 heavy (non-hydrogen) atoms. The van der Waals surface area contributed by atoms with E-state index in [4.69, 9.17) is 9.84 Å². The molecule has 0 spiro atoms. The maximum absolute atomic E-state index is 5.26. The van der Waals surface area contributed by atoms with Crippen molar-refractivity contribution in [1.82, 2.24) is 14.6 Å². The highest BCUT2D eigenvalue weighted by Crippen LogP contribution is 2.32. The first-order valence-electron chi connectivity index (χ1n) is 7.93. The number of fused-ring (bicyclic) bond motifs is 1. The monoisotopic (exact) mass is 393 g/mol. The fraction of sp³-hybridized carbons (Fsp3) is 0.100. The molecule has 124 valence electrons. The summed E-state index contributed by atoms with van der Waals surface area (Å²) in [4.78, 5) is 4.49. The van der Waals surface area contributed by atoms with Crippen molar-refractivity contribution in [2.24, 2.45) is 0 Å². The molecule has 0 aliphatic rings. The molecule has 0 unspecified atom stereocenters. The number of ether oxygens (including phenoxy) is 1. The molecule has 2 heterocycles. The molecule has 0 radical (unpaired) electrons. The van der Waals surface area contributed by atoms with Crippen LogP contribution < -0.4 is 4.74 Å². The normalized spacial score (nSPS) is 11.0. The van der Waals surface area contributed by atoms with Crippen molar-refractivity contribution in [2.75, 3.05) is 7.11 Å². The van der Waals surface area contributed by atoms with Gasteiger partial charge in [0.1, 0.15) is 10.4 Å². The van der Waals surface area contributed by atoms with E-state index in [-0.39, 0.29) is 0 Å². The second-order valence-electron chi connectivity index (χ2n) is 5.75. The van der Waals surface area contributed by atoms with E-state index in [0.717, 1.165) is 44.1 Å². The van der Waals surface area contributed by atoms with E-state index < -0.39 is 0 Å². The molecule has 5 heteroatoms. The number of aromatic nitrogens is 3. The maximum atomic E-state index is 5.26. The van der Waals surface area contributed by atoms with Gasteiger partial charge in [-0.25, -0.2) is 9.50 Å². The van der Waals surface area contributed by atoms with E-state index in [1.807, 2.05) is 47.8 Å². The van der Waals surface area contributed by atoms with E-state index in [9.17, 15) is 0 Å². The first-order chi connectivity index (χ1) is 12.2. The fourth-order valence-corrected chi connectivity index (χ4v) is 3.24. The van der Waals surface area contributed by atoms with Crippen LogP contribution in [0.2, 0.25) is 0 Å². The lowest BCUT2D eigenvalue weighted by atomic mass is 9.97. The fourth-order valence-electron chi connectivity index (χ4n) is 2.89. The average Bonchev–Trinajstić information content (AvgIpc) is 2.95. The van der Waals surface area contributed by atoms with Crippen LogP contribution in [-0.2, 0) is 0 Å². The molecule has 0 amide bonds. The van der Waals surface area contributed by atoms with Crippen molar-refractivity contribution in [3.05, 3.63) is 71.0 Å². The van der Waals surface area contributed by atoms with Crippen molar-refractivity contribution in [1.29, 1.82) is 0 Å². The van der Waals surface area contributed by atoms with Crippen LogP contribution in [0.25, 0.3) is 28.0 Å². The van der Waals surface area contributed by atoms with Crippen molar-refractivity contribution in [3.8, 4) is 28.1 Å². The Morgan fingerprint density at radius 3 is 2.36 bits per heavy atom. The van der Waals surface area contributed by atoms with Gasteiger partial charge in [-0.1, -0.05) is 36.4 Å². The number of aryl methyl sites for hydroxylation is 1. The molecule has 0 N–H and O–H groups in total. The minimum absolute atomic E-state index is 0.829. The first-order valence-corrected chi connectivity index (χ1v) is 8.72. The number of hydrogen-bond donors (Lipinski definition) is 0. The van der Waals surface area contributed by atoms with E-state index >= 15 is 0 Å². The summed E-state index contributed by atoms with van der Waals surface area (Å²) < 4.78 is 7.97. The van der Waals surface area contributed by atoms with E-state index in [2.05, 4.69) is 45.2 Å². The highest BCUT2D eigenvalue weighted by atomic mass is 79.9. The summed E-state index contributed by atoms with van der Waals surface area (Å²) in [5, 5.41) is 4.77. The van der Waals surface area contributed by atoms with E-state index in [0.29, 0.717) is 0 Å². The van der Waals surface area contributed by atoms with Crippen molar-refractivity contribution < 1.29 is 4.74 Å². The summed E-state index contributed by atoms with van der Waals surface area (Å²) in [5.74, 6) is 0.846. The Labute approximate surface area is 154 Å². The topological polar surface area (TPSA) is 39.4 Å². The van der Waals surface area contributed by atoms with Crippen LogP contribution in [0.5, 0.6) is 5.75 Å². The number of methoxy groups -OCH3 is 1. The molecule has 4 aromatic rings. The molecule has 4 rings (SSSR count).